The van der Waals surface area contributed by atoms with E-state index >= 15 is 0 Å². The van der Waals surface area contributed by atoms with Gasteiger partial charge in [0.2, 0.25) is 0 Å². The van der Waals surface area contributed by atoms with Gasteiger partial charge in [-0.05, 0) is 43.5 Å². The van der Waals surface area contributed by atoms with Crippen molar-refractivity contribution >= 4 is 21.6 Å². The Kier molecular flexibility index (Phi) is 6.78. The standard InChI is InChI=1S/C19H32N4O2S/c1-2-12-20-26(24,25)21-17-8-10-19(11-9-17)23-15-13-22(14-16-23)18-6-4-3-5-7-18/h8-11,18,20-21H,2-7,12-16H2,1H3. The summed E-state index contributed by atoms with van der Waals surface area (Å²) in [7, 11) is -3.47. The number of hydrogen-bond acceptors (Lipinski definition) is 4. The summed E-state index contributed by atoms with van der Waals surface area (Å²) in [6.07, 6.45) is 7.67. The maximum Gasteiger partial charge on any atom is 0.299 e. The van der Waals surface area contributed by atoms with Crippen molar-refractivity contribution in [1.82, 2.24) is 9.62 Å². The highest BCUT2D eigenvalue weighted by atomic mass is 32.2. The third-order valence-electron chi connectivity index (χ3n) is 5.43. The molecule has 1 saturated heterocycles. The van der Waals surface area contributed by atoms with Crippen LogP contribution in [0.4, 0.5) is 11.4 Å². The van der Waals surface area contributed by atoms with Crippen LogP contribution in [-0.4, -0.2) is 52.1 Å². The molecule has 1 aliphatic carbocycles. The minimum absolute atomic E-state index is 0.443. The zero-order valence-electron chi connectivity index (χ0n) is 15.8. The van der Waals surface area contributed by atoms with Crippen LogP contribution in [0.5, 0.6) is 0 Å². The van der Waals surface area contributed by atoms with E-state index in [4.69, 9.17) is 0 Å². The molecule has 146 valence electrons. The van der Waals surface area contributed by atoms with Crippen molar-refractivity contribution in [2.24, 2.45) is 0 Å². The molecule has 1 heterocycles. The molecule has 0 spiro atoms. The first-order valence-corrected chi connectivity index (χ1v) is 11.4. The van der Waals surface area contributed by atoms with Crippen LogP contribution < -0.4 is 14.3 Å². The van der Waals surface area contributed by atoms with E-state index in [2.05, 4.69) is 19.2 Å². The van der Waals surface area contributed by atoms with Gasteiger partial charge in [0.15, 0.2) is 0 Å². The number of nitrogens with one attached hydrogen (secondary N) is 2. The minimum atomic E-state index is -3.47. The number of anilines is 2. The summed E-state index contributed by atoms with van der Waals surface area (Å²) in [5.74, 6) is 0. The molecule has 0 atom stereocenters. The van der Waals surface area contributed by atoms with Crippen LogP contribution in [-0.2, 0) is 10.2 Å². The second-order valence-electron chi connectivity index (χ2n) is 7.36. The molecule has 0 radical (unpaired) electrons. The maximum absolute atomic E-state index is 11.9. The third kappa shape index (κ3) is 5.34. The first kappa shape index (κ1) is 19.5. The first-order chi connectivity index (χ1) is 12.6. The molecule has 6 nitrogen and oxygen atoms in total. The maximum atomic E-state index is 11.9. The summed E-state index contributed by atoms with van der Waals surface area (Å²) < 4.78 is 28.9. The summed E-state index contributed by atoms with van der Waals surface area (Å²) in [6, 6.07) is 8.49. The van der Waals surface area contributed by atoms with Crippen LogP contribution in [0.2, 0.25) is 0 Å². The van der Waals surface area contributed by atoms with Gasteiger partial charge in [-0.25, -0.2) is 0 Å². The quantitative estimate of drug-likeness (QED) is 0.763. The average molecular weight is 381 g/mol. The van der Waals surface area contributed by atoms with E-state index in [1.54, 1.807) is 0 Å². The fourth-order valence-electron chi connectivity index (χ4n) is 3.96. The van der Waals surface area contributed by atoms with Gasteiger partial charge in [-0.1, -0.05) is 26.2 Å². The number of nitrogens with zero attached hydrogens (tertiary/aromatic N) is 2. The normalized spacial score (nSPS) is 20.3. The molecule has 1 aromatic rings. The van der Waals surface area contributed by atoms with Crippen LogP contribution in [0.1, 0.15) is 45.4 Å². The van der Waals surface area contributed by atoms with Crippen molar-refractivity contribution in [2.45, 2.75) is 51.5 Å². The smallest absolute Gasteiger partial charge is 0.299 e. The molecule has 26 heavy (non-hydrogen) atoms. The fraction of sp³-hybridized carbons (Fsp3) is 0.684. The monoisotopic (exact) mass is 380 g/mol. The first-order valence-electron chi connectivity index (χ1n) is 9.94. The van der Waals surface area contributed by atoms with Crippen LogP contribution in [0.3, 0.4) is 0 Å². The van der Waals surface area contributed by atoms with Gasteiger partial charge in [-0.15, -0.1) is 0 Å². The molecular formula is C19H32N4O2S. The zero-order chi connectivity index (χ0) is 18.4. The van der Waals surface area contributed by atoms with Crippen LogP contribution in [0.25, 0.3) is 0 Å². The molecule has 2 N–H and O–H groups in total. The third-order valence-corrected chi connectivity index (χ3v) is 6.52. The Balaban J connectivity index is 1.51. The molecule has 0 amide bonds. The van der Waals surface area contributed by atoms with Crippen molar-refractivity contribution in [1.29, 1.82) is 0 Å². The highest BCUT2D eigenvalue weighted by molar-refractivity contribution is 7.90. The van der Waals surface area contributed by atoms with Gasteiger partial charge >= 0.3 is 0 Å². The highest BCUT2D eigenvalue weighted by Crippen LogP contribution is 2.25. The summed E-state index contributed by atoms with van der Waals surface area (Å²) in [5.41, 5.74) is 1.76. The van der Waals surface area contributed by atoms with Crippen molar-refractivity contribution in [3.63, 3.8) is 0 Å². The molecule has 1 aromatic carbocycles. The highest BCUT2D eigenvalue weighted by Gasteiger charge is 2.25. The van der Waals surface area contributed by atoms with E-state index in [1.807, 2.05) is 31.2 Å². The van der Waals surface area contributed by atoms with E-state index in [9.17, 15) is 8.42 Å². The molecule has 2 fully saturated rings. The van der Waals surface area contributed by atoms with Gasteiger partial charge in [-0.3, -0.25) is 9.62 Å². The SMILES string of the molecule is CCCNS(=O)(=O)Nc1ccc(N2CCN(C3CCCCC3)CC2)cc1. The van der Waals surface area contributed by atoms with Gasteiger partial charge in [0, 0.05) is 50.1 Å². The van der Waals surface area contributed by atoms with Crippen molar-refractivity contribution in [2.75, 3.05) is 42.3 Å². The Morgan fingerprint density at radius 3 is 2.27 bits per heavy atom. The minimum Gasteiger partial charge on any atom is -0.369 e. The predicted molar refractivity (Wildman–Crippen MR) is 108 cm³/mol. The fourth-order valence-corrected chi connectivity index (χ4v) is 4.95. The molecule has 7 heteroatoms. The zero-order valence-corrected chi connectivity index (χ0v) is 16.6. The van der Waals surface area contributed by atoms with Crippen molar-refractivity contribution in [3.8, 4) is 0 Å². The van der Waals surface area contributed by atoms with E-state index < -0.39 is 10.2 Å². The van der Waals surface area contributed by atoms with Crippen LogP contribution >= 0.6 is 0 Å². The lowest BCUT2D eigenvalue weighted by molar-refractivity contribution is 0.148. The van der Waals surface area contributed by atoms with E-state index in [0.29, 0.717) is 12.2 Å². The average Bonchev–Trinajstić information content (AvgIpc) is 2.68. The second-order valence-corrected chi connectivity index (χ2v) is 8.86. The summed E-state index contributed by atoms with van der Waals surface area (Å²) in [6.45, 7) is 6.71. The largest absolute Gasteiger partial charge is 0.369 e. The number of benzene rings is 1. The summed E-state index contributed by atoms with van der Waals surface area (Å²) >= 11 is 0. The van der Waals surface area contributed by atoms with Crippen LogP contribution in [0, 0.1) is 0 Å². The van der Waals surface area contributed by atoms with Crippen LogP contribution in [0.15, 0.2) is 24.3 Å². The van der Waals surface area contributed by atoms with Crippen molar-refractivity contribution in [3.05, 3.63) is 24.3 Å². The van der Waals surface area contributed by atoms with Gasteiger partial charge in [0.25, 0.3) is 10.2 Å². The summed E-state index contributed by atoms with van der Waals surface area (Å²) in [4.78, 5) is 5.06. The molecule has 0 unspecified atom stereocenters. The Morgan fingerprint density at radius 1 is 1.00 bits per heavy atom. The predicted octanol–water partition coefficient (Wildman–Crippen LogP) is 2.80. The Hall–Kier alpha value is -1.31. The lowest BCUT2D eigenvalue weighted by atomic mass is 9.94. The molecule has 1 saturated carbocycles. The Morgan fingerprint density at radius 2 is 1.65 bits per heavy atom. The number of rotatable bonds is 7. The van der Waals surface area contributed by atoms with Gasteiger partial charge in [0.05, 0.1) is 0 Å². The lowest BCUT2D eigenvalue weighted by Crippen LogP contribution is -2.50. The van der Waals surface area contributed by atoms with E-state index in [0.717, 1.165) is 44.3 Å². The number of hydrogen-bond donors (Lipinski definition) is 2. The molecule has 2 aliphatic rings. The molecule has 1 aliphatic heterocycles. The van der Waals surface area contributed by atoms with Gasteiger partial charge in [-0.2, -0.15) is 13.1 Å². The van der Waals surface area contributed by atoms with E-state index in [-0.39, 0.29) is 0 Å². The van der Waals surface area contributed by atoms with Gasteiger partial charge in [0.1, 0.15) is 0 Å². The summed E-state index contributed by atoms with van der Waals surface area (Å²) in [5, 5.41) is 0. The Labute approximate surface area is 158 Å². The molecule has 0 aromatic heterocycles. The molecular weight excluding hydrogens is 348 g/mol. The molecule has 0 bridgehead atoms. The number of piperazine rings is 1. The topological polar surface area (TPSA) is 64.7 Å². The Bertz CT molecular complexity index is 649. The lowest BCUT2D eigenvalue weighted by Gasteiger charge is -2.41. The second kappa shape index (κ2) is 9.06. The van der Waals surface area contributed by atoms with Gasteiger partial charge < -0.3 is 4.90 Å². The van der Waals surface area contributed by atoms with E-state index in [1.165, 1.54) is 32.1 Å². The van der Waals surface area contributed by atoms with Crippen molar-refractivity contribution < 1.29 is 8.42 Å². The molecule has 3 rings (SSSR count).